The lowest BCUT2D eigenvalue weighted by atomic mass is 9.97. The number of halogens is 1. The molecule has 24 heavy (non-hydrogen) atoms. The molecule has 1 atom stereocenters. The van der Waals surface area contributed by atoms with E-state index in [-0.39, 0.29) is 17.0 Å². The maximum atomic E-state index is 14.1. The summed E-state index contributed by atoms with van der Waals surface area (Å²) in [4.78, 5) is 29.1. The van der Waals surface area contributed by atoms with Gasteiger partial charge in [-0.1, -0.05) is 5.16 Å². The van der Waals surface area contributed by atoms with Gasteiger partial charge in [0.05, 0.1) is 17.0 Å². The van der Waals surface area contributed by atoms with Crippen LogP contribution in [0.4, 0.5) is 4.39 Å². The number of hydrogen-bond donors (Lipinski definition) is 1. The molecule has 1 saturated heterocycles. The Balaban J connectivity index is 1.78. The Morgan fingerprint density at radius 2 is 2.21 bits per heavy atom. The summed E-state index contributed by atoms with van der Waals surface area (Å²) in [5.74, 6) is -1.61. The molecule has 8 heteroatoms. The number of aromatic carboxylic acids is 1. The average molecular weight is 333 g/mol. The van der Waals surface area contributed by atoms with Gasteiger partial charge in [-0.3, -0.25) is 4.79 Å². The van der Waals surface area contributed by atoms with Crippen molar-refractivity contribution in [2.24, 2.45) is 0 Å². The molecule has 7 nitrogen and oxygen atoms in total. The predicted octanol–water partition coefficient (Wildman–Crippen LogP) is 2.24. The third-order valence-electron chi connectivity index (χ3n) is 4.05. The van der Waals surface area contributed by atoms with E-state index in [0.29, 0.717) is 24.8 Å². The summed E-state index contributed by atoms with van der Waals surface area (Å²) in [5, 5.41) is 12.6. The summed E-state index contributed by atoms with van der Waals surface area (Å²) < 4.78 is 19.3. The lowest BCUT2D eigenvalue weighted by Gasteiger charge is -2.31. The molecule has 0 spiro atoms. The first-order valence-corrected chi connectivity index (χ1v) is 7.58. The second kappa shape index (κ2) is 6.38. The molecule has 2 aromatic rings. The predicted molar refractivity (Wildman–Crippen MR) is 80.3 cm³/mol. The summed E-state index contributed by atoms with van der Waals surface area (Å²) >= 11 is 0. The van der Waals surface area contributed by atoms with Crippen molar-refractivity contribution in [1.29, 1.82) is 0 Å². The van der Waals surface area contributed by atoms with Gasteiger partial charge in [0.2, 0.25) is 5.89 Å². The maximum absolute atomic E-state index is 14.1. The normalized spacial score (nSPS) is 17.8. The van der Waals surface area contributed by atoms with Gasteiger partial charge in [-0.25, -0.2) is 9.18 Å². The van der Waals surface area contributed by atoms with Crippen molar-refractivity contribution in [3.05, 3.63) is 46.9 Å². The molecule has 1 unspecified atom stereocenters. The maximum Gasteiger partial charge on any atom is 0.335 e. The van der Waals surface area contributed by atoms with Gasteiger partial charge in [-0.05, 0) is 38.0 Å². The summed E-state index contributed by atoms with van der Waals surface area (Å²) in [6.07, 6.45) is 1.55. The molecule has 1 aromatic carbocycles. The number of nitrogens with zero attached hydrogens (tertiary/aromatic N) is 3. The van der Waals surface area contributed by atoms with Crippen molar-refractivity contribution in [3.63, 3.8) is 0 Å². The lowest BCUT2D eigenvalue weighted by Crippen LogP contribution is -2.39. The molecule has 0 saturated carbocycles. The Morgan fingerprint density at radius 1 is 1.42 bits per heavy atom. The minimum atomic E-state index is -1.24. The van der Waals surface area contributed by atoms with Crippen molar-refractivity contribution >= 4 is 11.9 Å². The van der Waals surface area contributed by atoms with Gasteiger partial charge in [0.25, 0.3) is 5.91 Å². The highest BCUT2D eigenvalue weighted by atomic mass is 19.1. The van der Waals surface area contributed by atoms with E-state index in [1.54, 1.807) is 6.92 Å². The van der Waals surface area contributed by atoms with Gasteiger partial charge >= 0.3 is 5.97 Å². The number of benzene rings is 1. The topological polar surface area (TPSA) is 96.5 Å². The Bertz CT molecular complexity index is 789. The number of rotatable bonds is 3. The van der Waals surface area contributed by atoms with Crippen molar-refractivity contribution in [2.75, 3.05) is 13.1 Å². The highest BCUT2D eigenvalue weighted by Gasteiger charge is 2.30. The Morgan fingerprint density at radius 3 is 2.83 bits per heavy atom. The minimum absolute atomic E-state index is 0.0785. The molecular formula is C16H16FN3O4. The number of hydrogen-bond acceptors (Lipinski definition) is 5. The quantitative estimate of drug-likeness (QED) is 0.925. The van der Waals surface area contributed by atoms with E-state index in [1.807, 2.05) is 0 Å². The highest BCUT2D eigenvalue weighted by Crippen LogP contribution is 2.27. The van der Waals surface area contributed by atoms with Crippen LogP contribution in [0, 0.1) is 12.7 Å². The van der Waals surface area contributed by atoms with E-state index in [1.165, 1.54) is 17.0 Å². The number of carbonyl (C=O) groups is 2. The minimum Gasteiger partial charge on any atom is -0.478 e. The van der Waals surface area contributed by atoms with Crippen LogP contribution in [0.25, 0.3) is 0 Å². The standard InChI is InChI=1S/C16H16FN3O4/c1-9-18-14(24-19-9)11-3-2-6-20(8-11)15(21)12-5-4-10(16(22)23)7-13(12)17/h4-5,7,11H,2-3,6,8H2,1H3,(H,22,23). The zero-order chi connectivity index (χ0) is 17.3. The molecule has 1 fully saturated rings. The fourth-order valence-electron chi connectivity index (χ4n) is 2.83. The van der Waals surface area contributed by atoms with Crippen LogP contribution in [-0.4, -0.2) is 45.1 Å². The van der Waals surface area contributed by atoms with Gasteiger partial charge in [0.1, 0.15) is 5.82 Å². The van der Waals surface area contributed by atoms with Crippen LogP contribution < -0.4 is 0 Å². The monoisotopic (exact) mass is 333 g/mol. The molecule has 3 rings (SSSR count). The zero-order valence-electron chi connectivity index (χ0n) is 13.0. The van der Waals surface area contributed by atoms with E-state index >= 15 is 0 Å². The Kier molecular flexibility index (Phi) is 4.28. The summed E-state index contributed by atoms with van der Waals surface area (Å²) in [6.45, 7) is 2.58. The number of amides is 1. The van der Waals surface area contributed by atoms with Gasteiger partial charge in [0, 0.05) is 13.1 Å². The van der Waals surface area contributed by atoms with Crippen LogP contribution >= 0.6 is 0 Å². The van der Waals surface area contributed by atoms with Crippen LogP contribution in [0.15, 0.2) is 22.7 Å². The second-order valence-electron chi connectivity index (χ2n) is 5.77. The van der Waals surface area contributed by atoms with Crippen molar-refractivity contribution in [3.8, 4) is 0 Å². The number of aromatic nitrogens is 2. The number of carboxylic acid groups (broad SMARTS) is 1. The van der Waals surface area contributed by atoms with Crippen molar-refractivity contribution in [2.45, 2.75) is 25.7 Å². The molecule has 0 aliphatic carbocycles. The largest absolute Gasteiger partial charge is 0.478 e. The molecule has 1 aromatic heterocycles. The molecule has 1 amide bonds. The van der Waals surface area contributed by atoms with Crippen LogP contribution in [-0.2, 0) is 0 Å². The Hall–Kier alpha value is -2.77. The van der Waals surface area contributed by atoms with Crippen LogP contribution in [0.1, 0.15) is 51.2 Å². The Labute approximate surface area is 137 Å². The first kappa shape index (κ1) is 16.1. The van der Waals surface area contributed by atoms with Crippen molar-refractivity contribution < 1.29 is 23.6 Å². The molecule has 0 radical (unpaired) electrons. The number of likely N-dealkylation sites (tertiary alicyclic amines) is 1. The third-order valence-corrected chi connectivity index (χ3v) is 4.05. The molecule has 1 aliphatic rings. The molecule has 1 aliphatic heterocycles. The van der Waals surface area contributed by atoms with Gasteiger partial charge in [-0.15, -0.1) is 0 Å². The summed E-state index contributed by atoms with van der Waals surface area (Å²) in [7, 11) is 0. The van der Waals surface area contributed by atoms with E-state index in [9.17, 15) is 14.0 Å². The van der Waals surface area contributed by atoms with Gasteiger partial charge in [0.15, 0.2) is 5.82 Å². The SMILES string of the molecule is Cc1noc(C2CCCN(C(=O)c3ccc(C(=O)O)cc3F)C2)n1. The van der Waals surface area contributed by atoms with Crippen LogP contribution in [0.2, 0.25) is 0 Å². The summed E-state index contributed by atoms with van der Waals surface area (Å²) in [5.41, 5.74) is -0.329. The second-order valence-corrected chi connectivity index (χ2v) is 5.77. The number of piperidine rings is 1. The summed E-state index contributed by atoms with van der Waals surface area (Å²) in [6, 6.07) is 3.29. The van der Waals surface area contributed by atoms with Gasteiger partial charge < -0.3 is 14.5 Å². The first-order valence-electron chi connectivity index (χ1n) is 7.58. The highest BCUT2D eigenvalue weighted by molar-refractivity contribution is 5.96. The molecule has 0 bridgehead atoms. The van der Waals surface area contributed by atoms with E-state index < -0.39 is 17.7 Å². The molecule has 126 valence electrons. The van der Waals surface area contributed by atoms with E-state index in [0.717, 1.165) is 18.9 Å². The number of aryl methyl sites for hydroxylation is 1. The third kappa shape index (κ3) is 3.12. The average Bonchev–Trinajstić information content (AvgIpc) is 3.01. The first-order chi connectivity index (χ1) is 11.5. The zero-order valence-corrected chi connectivity index (χ0v) is 13.0. The smallest absolute Gasteiger partial charge is 0.335 e. The fraction of sp³-hybridized carbons (Fsp3) is 0.375. The molecule has 1 N–H and O–H groups in total. The fourth-order valence-corrected chi connectivity index (χ4v) is 2.83. The van der Waals surface area contributed by atoms with Crippen LogP contribution in [0.3, 0.4) is 0 Å². The lowest BCUT2D eigenvalue weighted by molar-refractivity contribution is 0.0678. The van der Waals surface area contributed by atoms with Gasteiger partial charge in [-0.2, -0.15) is 4.98 Å². The van der Waals surface area contributed by atoms with Crippen LogP contribution in [0.5, 0.6) is 0 Å². The van der Waals surface area contributed by atoms with Crippen molar-refractivity contribution in [1.82, 2.24) is 15.0 Å². The molecular weight excluding hydrogens is 317 g/mol. The number of carbonyl (C=O) groups excluding carboxylic acids is 1. The number of carboxylic acids is 1. The molecule has 2 heterocycles. The van der Waals surface area contributed by atoms with E-state index in [4.69, 9.17) is 9.63 Å². The van der Waals surface area contributed by atoms with E-state index in [2.05, 4.69) is 10.1 Å².